The van der Waals surface area contributed by atoms with Gasteiger partial charge in [0, 0.05) is 19.5 Å². The number of benzene rings is 1. The molecule has 0 aliphatic carbocycles. The maximum absolute atomic E-state index is 13.1. The van der Waals surface area contributed by atoms with Gasteiger partial charge in [0.25, 0.3) is 11.8 Å². The van der Waals surface area contributed by atoms with E-state index in [0.29, 0.717) is 6.92 Å². The van der Waals surface area contributed by atoms with E-state index >= 15 is 0 Å². The first-order chi connectivity index (χ1) is 14.2. The molecule has 9 heteroatoms. The van der Waals surface area contributed by atoms with Crippen molar-refractivity contribution in [2.75, 3.05) is 18.0 Å². The molecule has 2 amide bonds. The van der Waals surface area contributed by atoms with Crippen LogP contribution in [0.25, 0.3) is 0 Å². The summed E-state index contributed by atoms with van der Waals surface area (Å²) >= 11 is 0. The number of alkyl halides is 2. The van der Waals surface area contributed by atoms with E-state index in [0.717, 1.165) is 5.56 Å². The topological polar surface area (TPSA) is 99.3 Å². The Labute approximate surface area is 171 Å². The fourth-order valence-corrected chi connectivity index (χ4v) is 3.45. The lowest BCUT2D eigenvalue weighted by Gasteiger charge is -2.16. The van der Waals surface area contributed by atoms with Gasteiger partial charge in [-0.1, -0.05) is 36.4 Å². The summed E-state index contributed by atoms with van der Waals surface area (Å²) in [5.41, 5.74) is 0.371. The average Bonchev–Trinajstić information content (AvgIpc) is 3.02. The van der Waals surface area contributed by atoms with Crippen LogP contribution in [0.5, 0.6) is 0 Å². The second-order valence-corrected chi connectivity index (χ2v) is 7.37. The summed E-state index contributed by atoms with van der Waals surface area (Å²) < 4.78 is 26.1. The zero-order chi connectivity index (χ0) is 21.9. The first-order valence-electron chi connectivity index (χ1n) is 9.40. The minimum atomic E-state index is -3.17. The quantitative estimate of drug-likeness (QED) is 0.668. The van der Waals surface area contributed by atoms with Crippen LogP contribution in [0.3, 0.4) is 0 Å². The Morgan fingerprint density at radius 2 is 1.83 bits per heavy atom. The van der Waals surface area contributed by atoms with Crippen LogP contribution >= 0.6 is 0 Å². The SMILES string of the molecule is CC(F)(F)CNC(=O)C(=O)[C@H]1CN(c2cccc(=O)[nH]2)C(=O)[C@@H]1Cc1ccccc1. The molecule has 0 spiro atoms. The van der Waals surface area contributed by atoms with E-state index in [2.05, 4.69) is 4.98 Å². The maximum atomic E-state index is 13.1. The molecule has 2 heterocycles. The summed E-state index contributed by atoms with van der Waals surface area (Å²) in [5, 5.41) is 1.94. The molecule has 0 unspecified atom stereocenters. The van der Waals surface area contributed by atoms with Crippen LogP contribution in [0, 0.1) is 11.8 Å². The molecular weight excluding hydrogens is 396 g/mol. The van der Waals surface area contributed by atoms with Crippen molar-refractivity contribution in [2.45, 2.75) is 19.3 Å². The molecule has 0 radical (unpaired) electrons. The number of pyridine rings is 1. The van der Waals surface area contributed by atoms with E-state index in [4.69, 9.17) is 0 Å². The minimum absolute atomic E-state index is 0.134. The van der Waals surface area contributed by atoms with Crippen molar-refractivity contribution >= 4 is 23.4 Å². The third kappa shape index (κ3) is 4.97. The molecular formula is C21H21F2N3O4. The molecule has 3 rings (SSSR count). The van der Waals surface area contributed by atoms with Crippen LogP contribution in [0.4, 0.5) is 14.6 Å². The van der Waals surface area contributed by atoms with E-state index in [1.807, 2.05) is 11.4 Å². The highest BCUT2D eigenvalue weighted by Gasteiger charge is 2.46. The van der Waals surface area contributed by atoms with E-state index in [1.54, 1.807) is 24.3 Å². The normalized spacial score (nSPS) is 19.0. The molecule has 0 bridgehead atoms. The molecule has 1 fully saturated rings. The summed E-state index contributed by atoms with van der Waals surface area (Å²) in [6.07, 6.45) is 0.195. The first-order valence-corrected chi connectivity index (χ1v) is 9.40. The summed E-state index contributed by atoms with van der Waals surface area (Å²) in [6, 6.07) is 13.2. The number of H-pyrrole nitrogens is 1. The molecule has 2 aromatic rings. The van der Waals surface area contributed by atoms with Gasteiger partial charge in [0.05, 0.1) is 18.4 Å². The Balaban J connectivity index is 1.87. The number of Topliss-reactive ketones (excluding diaryl/α,β-unsaturated/α-hetero) is 1. The largest absolute Gasteiger partial charge is 0.343 e. The van der Waals surface area contributed by atoms with Gasteiger partial charge in [-0.15, -0.1) is 0 Å². The van der Waals surface area contributed by atoms with Gasteiger partial charge in [-0.25, -0.2) is 8.78 Å². The molecule has 1 aromatic heterocycles. The Hall–Kier alpha value is -3.36. The lowest BCUT2D eigenvalue weighted by molar-refractivity contribution is -0.142. The Kier molecular flexibility index (Phi) is 6.09. The molecule has 7 nitrogen and oxygen atoms in total. The van der Waals surface area contributed by atoms with Gasteiger partial charge in [0.1, 0.15) is 5.82 Å². The number of aromatic amines is 1. The highest BCUT2D eigenvalue weighted by Crippen LogP contribution is 2.31. The van der Waals surface area contributed by atoms with Gasteiger partial charge in [-0.3, -0.25) is 24.1 Å². The molecule has 158 valence electrons. The van der Waals surface area contributed by atoms with E-state index in [9.17, 15) is 28.0 Å². The molecule has 30 heavy (non-hydrogen) atoms. The average molecular weight is 417 g/mol. The second-order valence-electron chi connectivity index (χ2n) is 7.37. The highest BCUT2D eigenvalue weighted by atomic mass is 19.3. The fraction of sp³-hybridized carbons (Fsp3) is 0.333. The zero-order valence-corrected chi connectivity index (χ0v) is 16.2. The summed E-state index contributed by atoms with van der Waals surface area (Å²) in [4.78, 5) is 53.4. The number of nitrogens with one attached hydrogen (secondary N) is 2. The molecule has 1 aliphatic heterocycles. The fourth-order valence-electron chi connectivity index (χ4n) is 3.45. The monoisotopic (exact) mass is 417 g/mol. The number of hydrogen-bond acceptors (Lipinski definition) is 4. The molecule has 0 saturated carbocycles. The summed E-state index contributed by atoms with van der Waals surface area (Å²) in [7, 11) is 0. The predicted molar refractivity (Wildman–Crippen MR) is 105 cm³/mol. The van der Waals surface area contributed by atoms with Gasteiger partial charge in [0.15, 0.2) is 0 Å². The number of ketones is 1. The van der Waals surface area contributed by atoms with Gasteiger partial charge in [-0.05, 0) is 18.1 Å². The number of halogens is 2. The summed E-state index contributed by atoms with van der Waals surface area (Å²) in [6.45, 7) is -0.481. The van der Waals surface area contributed by atoms with Crippen LogP contribution in [0.2, 0.25) is 0 Å². The molecule has 1 aromatic carbocycles. The van der Waals surface area contributed by atoms with Gasteiger partial charge >= 0.3 is 0 Å². The van der Waals surface area contributed by atoms with Crippen LogP contribution in [0.15, 0.2) is 53.3 Å². The van der Waals surface area contributed by atoms with Crippen LogP contribution < -0.4 is 15.8 Å². The Bertz CT molecular complexity index is 1000. The zero-order valence-electron chi connectivity index (χ0n) is 16.2. The first kappa shape index (κ1) is 21.4. The minimum Gasteiger partial charge on any atom is -0.343 e. The Morgan fingerprint density at radius 3 is 2.47 bits per heavy atom. The molecule has 2 N–H and O–H groups in total. The lowest BCUT2D eigenvalue weighted by atomic mass is 9.86. The standard InChI is InChI=1S/C21H21F2N3O4/c1-21(22,23)12-24-19(29)18(28)15-11-26(16-8-5-9-17(27)25-16)20(30)14(15)10-13-6-3-2-4-7-13/h2-9,14-15H,10-12H2,1H3,(H,24,29)(H,25,27)/t14-,15+/m1/s1. The highest BCUT2D eigenvalue weighted by molar-refractivity contribution is 6.38. The van der Waals surface area contributed by atoms with Crippen LogP contribution in [-0.2, 0) is 20.8 Å². The van der Waals surface area contributed by atoms with Crippen molar-refractivity contribution in [1.82, 2.24) is 10.3 Å². The number of anilines is 1. The van der Waals surface area contributed by atoms with Crippen molar-refractivity contribution < 1.29 is 23.2 Å². The van der Waals surface area contributed by atoms with Gasteiger partial charge < -0.3 is 10.3 Å². The Morgan fingerprint density at radius 1 is 1.13 bits per heavy atom. The number of aromatic nitrogens is 1. The molecule has 2 atom stereocenters. The number of carbonyl (C=O) groups is 3. The van der Waals surface area contributed by atoms with Crippen molar-refractivity contribution in [2.24, 2.45) is 11.8 Å². The van der Waals surface area contributed by atoms with Crippen LogP contribution in [0.1, 0.15) is 12.5 Å². The van der Waals surface area contributed by atoms with Gasteiger partial charge in [0.2, 0.25) is 17.2 Å². The van der Waals surface area contributed by atoms with Crippen LogP contribution in [-0.4, -0.2) is 41.6 Å². The van der Waals surface area contributed by atoms with E-state index in [1.165, 1.54) is 23.1 Å². The van der Waals surface area contributed by atoms with Crippen molar-refractivity contribution in [3.63, 3.8) is 0 Å². The van der Waals surface area contributed by atoms with E-state index < -0.39 is 47.5 Å². The lowest BCUT2D eigenvalue weighted by Crippen LogP contribution is -2.42. The van der Waals surface area contributed by atoms with Crippen molar-refractivity contribution in [3.05, 3.63) is 64.4 Å². The number of hydrogen-bond donors (Lipinski definition) is 2. The van der Waals surface area contributed by atoms with Crippen molar-refractivity contribution in [3.8, 4) is 0 Å². The number of amides is 2. The third-order valence-electron chi connectivity index (χ3n) is 4.91. The number of rotatable bonds is 7. The number of nitrogens with zero attached hydrogens (tertiary/aromatic N) is 1. The third-order valence-corrected chi connectivity index (χ3v) is 4.91. The van der Waals surface area contributed by atoms with E-state index in [-0.39, 0.29) is 18.8 Å². The predicted octanol–water partition coefficient (Wildman–Crippen LogP) is 1.54. The molecule has 1 saturated heterocycles. The maximum Gasteiger partial charge on any atom is 0.287 e. The number of carbonyl (C=O) groups excluding carboxylic acids is 3. The van der Waals surface area contributed by atoms with Gasteiger partial charge in [-0.2, -0.15) is 0 Å². The summed E-state index contributed by atoms with van der Waals surface area (Å²) in [5.74, 6) is -7.37. The second kappa shape index (κ2) is 8.56. The smallest absolute Gasteiger partial charge is 0.287 e. The molecule has 1 aliphatic rings. The van der Waals surface area contributed by atoms with Crippen molar-refractivity contribution in [1.29, 1.82) is 0 Å².